The van der Waals surface area contributed by atoms with Crippen molar-refractivity contribution in [2.45, 2.75) is 149 Å². The van der Waals surface area contributed by atoms with Gasteiger partial charge in [-0.1, -0.05) is 302 Å². The minimum Gasteiger partial charge on any atom is -0.478 e. The molecule has 0 bridgehead atoms. The molecule has 1 aliphatic heterocycles. The van der Waals surface area contributed by atoms with Crippen LogP contribution in [-0.2, 0) is 73.8 Å². The SMILES string of the molecule is C.C=CCCc1ccccc1.O=C(NO)c1ccc(CCCCc2ccccc2)cc1.O=C(NOC1CCCCO1)c1ccc(CCCCc2ccccc2)cc1.O=C(O)c1ccc(/C=C/CCc2ccccc2)cc1.O=C(O)c1ccc(C/C=C/Cc2ccccc2)cc1.O=C(O)c1ccc(CCCCc2ccccc2)cc1.O=C(O)c1cccc(Br)c1.[HH]. The third-order valence-corrected chi connectivity index (χ3v) is 20.1. The van der Waals surface area contributed by atoms with Gasteiger partial charge in [0.1, 0.15) is 0 Å². The van der Waals surface area contributed by atoms with Crippen molar-refractivity contribution in [3.63, 3.8) is 0 Å². The number of allylic oxidation sites excluding steroid dienone is 4. The lowest BCUT2D eigenvalue weighted by Crippen LogP contribution is -2.33. The summed E-state index contributed by atoms with van der Waals surface area (Å²) in [7, 11) is 0. The van der Waals surface area contributed by atoms with Crippen LogP contribution in [-0.4, -0.2) is 74.2 Å². The number of ether oxygens (including phenoxy) is 1. The maximum absolute atomic E-state index is 12.1. The minimum atomic E-state index is -0.902. The molecule has 2 amide bonds. The van der Waals surface area contributed by atoms with Crippen LogP contribution in [0.15, 0.2) is 363 Å². The van der Waals surface area contributed by atoms with E-state index in [-0.39, 0.29) is 21.1 Å². The van der Waals surface area contributed by atoms with E-state index in [1.807, 2.05) is 140 Å². The number of carbonyl (C=O) groups is 6. The predicted molar refractivity (Wildman–Crippen MR) is 505 cm³/mol. The molecule has 0 aliphatic carbocycles. The Kier molecular flexibility index (Phi) is 48.7. The van der Waals surface area contributed by atoms with Crippen LogP contribution in [0.3, 0.4) is 0 Å². The molecule has 0 saturated carbocycles. The fraction of sp³-hybridized carbons (Fsp3) is 0.222. The molecular weight excluding hydrogens is 1610 g/mol. The minimum absolute atomic E-state index is 0. The van der Waals surface area contributed by atoms with E-state index in [1.54, 1.807) is 78.3 Å². The van der Waals surface area contributed by atoms with Crippen LogP contribution in [0.1, 0.15) is 203 Å². The van der Waals surface area contributed by atoms with Crippen LogP contribution < -0.4 is 11.0 Å². The fourth-order valence-electron chi connectivity index (χ4n) is 12.6. The van der Waals surface area contributed by atoms with E-state index in [0.29, 0.717) is 40.0 Å². The molecule has 1 atom stereocenters. The number of hydroxylamine groups is 2. The van der Waals surface area contributed by atoms with Gasteiger partial charge in [0, 0.05) is 30.1 Å². The molecule has 15 nitrogen and oxygen atoms in total. The molecule has 0 radical (unpaired) electrons. The second-order valence-corrected chi connectivity index (χ2v) is 30.0. The lowest BCUT2D eigenvalue weighted by molar-refractivity contribution is -0.186. The highest BCUT2D eigenvalue weighted by molar-refractivity contribution is 9.10. The standard InChI is InChI=1S/C22H27NO3.C17H19NO2.C17H18O2.2C17H16O2.C10H12.C7H5BrO2.CH4.H2/c24-22(23-26-21-12-6-7-17-25-21)20-15-13-19(14-16-20)11-5-4-10-18-8-2-1-3-9-18;19-17(18-20)16-12-10-15(11-13-16)9-5-4-8-14-6-2-1-3-7-14;3*18-17(19)16-12-10-15(11-13-16)9-5-4-8-14-6-2-1-3-7-14;1-2-3-7-10-8-5-4-6-9-10;8-6-3-1-2-5(4-6)7(9)10;;/h1-3,8-9,13-16,21H,4-7,10-12,17H2,(H,23,24);1-3,6-7,10-13,20H,4-5,8-9H2,(H,18,19);1-3,6-7,10-13H,4-5,8-9H2,(H,18,19);1-3,5-7,9-13H,4,8H2,(H,18,19);1-7,10-13H,8-9H2,(H,18,19);2,4-6,8-9H,1,3,7H2;1-4H,(H,9,10);1H4;1H/b;;;9-5+;5-4+;;;;. The Balaban J connectivity index is 0.000000263. The highest BCUT2D eigenvalue weighted by Gasteiger charge is 2.17. The summed E-state index contributed by atoms with van der Waals surface area (Å²) in [5.41, 5.74) is 20.5. The summed E-state index contributed by atoms with van der Waals surface area (Å²) < 4.78 is 6.22. The van der Waals surface area contributed by atoms with Crippen LogP contribution in [0.25, 0.3) is 6.08 Å². The number of hydrogen-bond donors (Lipinski definition) is 7. The van der Waals surface area contributed by atoms with Gasteiger partial charge in [-0.25, -0.2) is 35.0 Å². The Morgan fingerprint density at radius 1 is 0.363 bits per heavy atom. The van der Waals surface area contributed by atoms with Crippen molar-refractivity contribution in [1.82, 2.24) is 11.0 Å². The van der Waals surface area contributed by atoms with Gasteiger partial charge in [-0.05, 0) is 268 Å². The number of hydrogen-bond acceptors (Lipinski definition) is 9. The van der Waals surface area contributed by atoms with Crippen molar-refractivity contribution in [2.75, 3.05) is 6.61 Å². The molecule has 1 aliphatic rings. The number of amides is 2. The number of halogens is 1. The first-order chi connectivity index (χ1) is 60.0. The third kappa shape index (κ3) is 42.5. The topological polar surface area (TPSA) is 246 Å². The zero-order chi connectivity index (χ0) is 87.5. The van der Waals surface area contributed by atoms with Gasteiger partial charge in [0.2, 0.25) is 0 Å². The second kappa shape index (κ2) is 60.5. The molecule has 0 spiro atoms. The van der Waals surface area contributed by atoms with E-state index in [9.17, 15) is 28.8 Å². The average Bonchev–Trinajstić information content (AvgIpc) is 0.860. The molecule has 12 aromatic rings. The summed E-state index contributed by atoms with van der Waals surface area (Å²) >= 11 is 3.17. The first-order valence-electron chi connectivity index (χ1n) is 41.8. The summed E-state index contributed by atoms with van der Waals surface area (Å²) in [6, 6.07) is 105. The van der Waals surface area contributed by atoms with E-state index in [2.05, 4.69) is 174 Å². The monoisotopic (exact) mass is 1730 g/mol. The van der Waals surface area contributed by atoms with Crippen LogP contribution in [0.4, 0.5) is 0 Å². The summed E-state index contributed by atoms with van der Waals surface area (Å²) in [4.78, 5) is 71.1. The first-order valence-corrected chi connectivity index (χ1v) is 42.6. The van der Waals surface area contributed by atoms with E-state index in [1.165, 1.54) is 56.5 Å². The quantitative estimate of drug-likeness (QED) is 0.00860. The van der Waals surface area contributed by atoms with Gasteiger partial charge in [-0.3, -0.25) is 14.8 Å². The van der Waals surface area contributed by atoms with Gasteiger partial charge in [-0.2, -0.15) is 0 Å². The van der Waals surface area contributed by atoms with E-state index in [0.717, 1.165) is 144 Å². The van der Waals surface area contributed by atoms with Crippen molar-refractivity contribution >= 4 is 57.7 Å². The largest absolute Gasteiger partial charge is 0.478 e. The highest BCUT2D eigenvalue weighted by Crippen LogP contribution is 2.19. The number of aryl methyl sites for hydroxylation is 8. The number of unbranched alkanes of at least 4 members (excludes halogenated alkanes) is 3. The van der Waals surface area contributed by atoms with Crippen molar-refractivity contribution in [2.24, 2.45) is 0 Å². The Morgan fingerprint density at radius 2 is 0.677 bits per heavy atom. The number of carbonyl (C=O) groups excluding carboxylic acids is 2. The van der Waals surface area contributed by atoms with Crippen molar-refractivity contribution in [3.8, 4) is 0 Å². The van der Waals surface area contributed by atoms with E-state index < -0.39 is 29.8 Å². The fourth-order valence-corrected chi connectivity index (χ4v) is 13.0. The number of rotatable bonds is 34. The predicted octanol–water partition coefficient (Wildman–Crippen LogP) is 25.4. The number of benzene rings is 12. The molecular formula is C108H119BrN2O13. The highest BCUT2D eigenvalue weighted by atomic mass is 79.9. The van der Waals surface area contributed by atoms with Crippen LogP contribution >= 0.6 is 15.9 Å². The molecule has 646 valence electrons. The van der Waals surface area contributed by atoms with Gasteiger partial charge in [0.05, 0.1) is 22.3 Å². The molecule has 1 unspecified atom stereocenters. The lowest BCUT2D eigenvalue weighted by atomic mass is 10.0. The third-order valence-electron chi connectivity index (χ3n) is 19.6. The Morgan fingerprint density at radius 3 is 1.01 bits per heavy atom. The molecule has 13 rings (SSSR count). The summed E-state index contributed by atoms with van der Waals surface area (Å²) in [6.45, 7) is 4.37. The number of carboxylic acids is 4. The number of aromatic carboxylic acids is 4. The van der Waals surface area contributed by atoms with E-state index >= 15 is 0 Å². The van der Waals surface area contributed by atoms with Gasteiger partial charge < -0.3 is 25.2 Å². The van der Waals surface area contributed by atoms with Crippen LogP contribution in [0, 0.1) is 0 Å². The number of nitrogens with one attached hydrogen (secondary N) is 2. The lowest BCUT2D eigenvalue weighted by Gasteiger charge is -2.22. The normalized spacial score (nSPS) is 11.6. The van der Waals surface area contributed by atoms with Gasteiger partial charge in [0.25, 0.3) is 11.8 Å². The zero-order valence-electron chi connectivity index (χ0n) is 69.8. The van der Waals surface area contributed by atoms with Crippen molar-refractivity contribution < 1.29 is 65.4 Å². The summed E-state index contributed by atoms with van der Waals surface area (Å²) in [5.74, 6) is -4.24. The van der Waals surface area contributed by atoms with Crippen molar-refractivity contribution in [1.29, 1.82) is 0 Å². The molecule has 1 fully saturated rings. The summed E-state index contributed by atoms with van der Waals surface area (Å²) in [6.07, 6.45) is 32.1. The molecule has 124 heavy (non-hydrogen) atoms. The smallest absolute Gasteiger partial charge is 0.335 e. The molecule has 12 aromatic carbocycles. The van der Waals surface area contributed by atoms with Gasteiger partial charge in [-0.15, -0.1) is 6.58 Å². The van der Waals surface area contributed by atoms with Crippen molar-refractivity contribution in [3.05, 3.63) is 458 Å². The average molecular weight is 1730 g/mol. The molecule has 7 N–H and O–H groups in total. The molecule has 0 aromatic heterocycles. The Labute approximate surface area is 742 Å². The summed E-state index contributed by atoms with van der Waals surface area (Å²) in [5, 5.41) is 43.4. The zero-order valence-corrected chi connectivity index (χ0v) is 71.4. The second-order valence-electron chi connectivity index (χ2n) is 29.1. The Bertz CT molecular complexity index is 5040. The Hall–Kier alpha value is -13.0. The number of carboxylic acid groups (broad SMARTS) is 4. The van der Waals surface area contributed by atoms with Gasteiger partial charge >= 0.3 is 23.9 Å². The first kappa shape index (κ1) is 99.9. The molecule has 1 saturated heterocycles. The van der Waals surface area contributed by atoms with Crippen LogP contribution in [0.2, 0.25) is 0 Å². The van der Waals surface area contributed by atoms with Crippen LogP contribution in [0.5, 0.6) is 0 Å². The van der Waals surface area contributed by atoms with E-state index in [4.69, 9.17) is 35.2 Å². The maximum atomic E-state index is 12.1. The molecule has 16 heteroatoms. The molecule has 1 heterocycles. The maximum Gasteiger partial charge on any atom is 0.335 e. The van der Waals surface area contributed by atoms with Gasteiger partial charge in [0.15, 0.2) is 6.29 Å².